The van der Waals surface area contributed by atoms with E-state index in [0.717, 1.165) is 0 Å². The van der Waals surface area contributed by atoms with Crippen molar-refractivity contribution >= 4 is 10.9 Å². The molecule has 76 valence electrons. The first-order valence-corrected chi connectivity index (χ1v) is 5.21. The van der Waals surface area contributed by atoms with Crippen LogP contribution in [-0.2, 0) is 7.05 Å². The number of nitrogens with zero attached hydrogens (tertiary/aromatic N) is 1. The Morgan fingerprint density at radius 2 is 1.71 bits per heavy atom. The Bertz CT molecular complexity index is 424. The fraction of sp³-hybridized carbons (Fsp3) is 0.385. The van der Waals surface area contributed by atoms with Gasteiger partial charge in [-0.25, -0.2) is 0 Å². The molecule has 0 spiro atoms. The average Bonchev–Trinajstić information content (AvgIpc) is 2.51. The fourth-order valence-electron chi connectivity index (χ4n) is 1.87. The van der Waals surface area contributed by atoms with E-state index in [4.69, 9.17) is 0 Å². The summed E-state index contributed by atoms with van der Waals surface area (Å²) < 4.78 is 2.17. The summed E-state index contributed by atoms with van der Waals surface area (Å²) >= 11 is 0. The van der Waals surface area contributed by atoms with Gasteiger partial charge in [-0.05, 0) is 31.5 Å². The molecule has 1 aromatic heterocycles. The first-order valence-electron chi connectivity index (χ1n) is 5.21. The van der Waals surface area contributed by atoms with Gasteiger partial charge in [-0.15, -0.1) is 0 Å². The van der Waals surface area contributed by atoms with E-state index in [9.17, 15) is 0 Å². The second-order valence-electron chi connectivity index (χ2n) is 3.45. The summed E-state index contributed by atoms with van der Waals surface area (Å²) in [5.74, 6) is 0. The number of aryl methyl sites for hydroxylation is 3. The highest BCUT2D eigenvalue weighted by molar-refractivity contribution is 5.83. The molecule has 1 nitrogen and oxygen atoms in total. The molecular formula is C13H19N. The number of rotatable bonds is 0. The Morgan fingerprint density at radius 3 is 2.36 bits per heavy atom. The quantitative estimate of drug-likeness (QED) is 0.593. The molecule has 0 unspecified atom stereocenters. The SMILES string of the molecule is CC.Cc1cc(C)c2c(ccn2C)c1. The maximum absolute atomic E-state index is 2.22. The Balaban J connectivity index is 0.000000461. The smallest absolute Gasteiger partial charge is 0.0507 e. The lowest BCUT2D eigenvalue weighted by Gasteiger charge is -2.02. The van der Waals surface area contributed by atoms with Crippen molar-refractivity contribution in [3.63, 3.8) is 0 Å². The van der Waals surface area contributed by atoms with Crippen LogP contribution < -0.4 is 0 Å². The minimum absolute atomic E-state index is 1.34. The summed E-state index contributed by atoms with van der Waals surface area (Å²) in [4.78, 5) is 0. The molecule has 0 amide bonds. The second-order valence-corrected chi connectivity index (χ2v) is 3.45. The first kappa shape index (κ1) is 10.8. The Labute approximate surface area is 86.4 Å². The largest absolute Gasteiger partial charge is 0.350 e. The van der Waals surface area contributed by atoms with Gasteiger partial charge in [0.05, 0.1) is 5.52 Å². The van der Waals surface area contributed by atoms with E-state index in [-0.39, 0.29) is 0 Å². The van der Waals surface area contributed by atoms with E-state index < -0.39 is 0 Å². The van der Waals surface area contributed by atoms with E-state index in [2.05, 4.69) is 49.9 Å². The van der Waals surface area contributed by atoms with Crippen LogP contribution >= 0.6 is 0 Å². The number of hydrogen-bond donors (Lipinski definition) is 0. The third kappa shape index (κ3) is 1.82. The van der Waals surface area contributed by atoms with Crippen molar-refractivity contribution in [2.24, 2.45) is 7.05 Å². The van der Waals surface area contributed by atoms with Gasteiger partial charge in [0.15, 0.2) is 0 Å². The highest BCUT2D eigenvalue weighted by Gasteiger charge is 2.00. The van der Waals surface area contributed by atoms with Crippen LogP contribution in [0, 0.1) is 13.8 Å². The van der Waals surface area contributed by atoms with Gasteiger partial charge in [0.2, 0.25) is 0 Å². The number of benzene rings is 1. The molecule has 0 bridgehead atoms. The lowest BCUT2D eigenvalue weighted by atomic mass is 10.1. The van der Waals surface area contributed by atoms with Crippen molar-refractivity contribution in [1.82, 2.24) is 4.57 Å². The van der Waals surface area contributed by atoms with Crippen molar-refractivity contribution in [1.29, 1.82) is 0 Å². The van der Waals surface area contributed by atoms with E-state index in [1.165, 1.54) is 22.0 Å². The molecule has 2 rings (SSSR count). The summed E-state index contributed by atoms with van der Waals surface area (Å²) in [5.41, 5.74) is 4.05. The summed E-state index contributed by atoms with van der Waals surface area (Å²) in [6.45, 7) is 8.30. The zero-order chi connectivity index (χ0) is 10.7. The van der Waals surface area contributed by atoms with Gasteiger partial charge in [-0.1, -0.05) is 25.5 Å². The topological polar surface area (TPSA) is 4.93 Å². The highest BCUT2D eigenvalue weighted by atomic mass is 14.9. The summed E-state index contributed by atoms with van der Waals surface area (Å²) in [7, 11) is 2.09. The van der Waals surface area contributed by atoms with Crippen molar-refractivity contribution in [2.45, 2.75) is 27.7 Å². The van der Waals surface area contributed by atoms with Gasteiger partial charge in [-0.2, -0.15) is 0 Å². The standard InChI is InChI=1S/C11H13N.C2H6/c1-8-6-9(2)11-10(7-8)4-5-12(11)3;1-2/h4-7H,1-3H3;1-2H3. The van der Waals surface area contributed by atoms with Crippen LogP contribution in [0.15, 0.2) is 24.4 Å². The third-order valence-corrected chi connectivity index (χ3v) is 2.30. The van der Waals surface area contributed by atoms with Crippen molar-refractivity contribution in [3.8, 4) is 0 Å². The molecule has 0 aliphatic rings. The van der Waals surface area contributed by atoms with E-state index in [1.807, 2.05) is 13.8 Å². The normalized spacial score (nSPS) is 9.79. The zero-order valence-electron chi connectivity index (χ0n) is 9.76. The minimum atomic E-state index is 1.34. The van der Waals surface area contributed by atoms with Gasteiger partial charge < -0.3 is 4.57 Å². The van der Waals surface area contributed by atoms with Crippen LogP contribution in [0.3, 0.4) is 0 Å². The monoisotopic (exact) mass is 189 g/mol. The maximum atomic E-state index is 2.22. The molecule has 0 saturated heterocycles. The molecule has 1 aromatic carbocycles. The van der Waals surface area contributed by atoms with E-state index in [0.29, 0.717) is 0 Å². The molecular weight excluding hydrogens is 170 g/mol. The third-order valence-electron chi connectivity index (χ3n) is 2.30. The highest BCUT2D eigenvalue weighted by Crippen LogP contribution is 2.20. The van der Waals surface area contributed by atoms with Gasteiger partial charge in [-0.3, -0.25) is 0 Å². The van der Waals surface area contributed by atoms with Crippen LogP contribution in [0.25, 0.3) is 10.9 Å². The average molecular weight is 189 g/mol. The van der Waals surface area contributed by atoms with E-state index >= 15 is 0 Å². The molecule has 2 aromatic rings. The Morgan fingerprint density at radius 1 is 1.07 bits per heavy atom. The summed E-state index contributed by atoms with van der Waals surface area (Å²) in [6, 6.07) is 6.61. The van der Waals surface area contributed by atoms with Crippen LogP contribution in [0.5, 0.6) is 0 Å². The van der Waals surface area contributed by atoms with Crippen LogP contribution in [-0.4, -0.2) is 4.57 Å². The van der Waals surface area contributed by atoms with E-state index in [1.54, 1.807) is 0 Å². The van der Waals surface area contributed by atoms with Crippen molar-refractivity contribution in [3.05, 3.63) is 35.5 Å². The van der Waals surface area contributed by atoms with Gasteiger partial charge >= 0.3 is 0 Å². The minimum Gasteiger partial charge on any atom is -0.350 e. The van der Waals surface area contributed by atoms with Crippen LogP contribution in [0.4, 0.5) is 0 Å². The Kier molecular flexibility index (Phi) is 3.34. The summed E-state index contributed by atoms with van der Waals surface area (Å²) in [5, 5.41) is 1.34. The molecule has 0 aliphatic heterocycles. The predicted octanol–water partition coefficient (Wildman–Crippen LogP) is 3.82. The maximum Gasteiger partial charge on any atom is 0.0507 e. The number of hydrogen-bond acceptors (Lipinski definition) is 0. The van der Waals surface area contributed by atoms with Gasteiger partial charge in [0.25, 0.3) is 0 Å². The lowest BCUT2D eigenvalue weighted by Crippen LogP contribution is -1.87. The summed E-state index contributed by atoms with van der Waals surface area (Å²) in [6.07, 6.45) is 2.11. The number of aromatic nitrogens is 1. The Hall–Kier alpha value is -1.24. The number of fused-ring (bicyclic) bond motifs is 1. The molecule has 0 atom stereocenters. The van der Waals surface area contributed by atoms with Crippen LogP contribution in [0.1, 0.15) is 25.0 Å². The van der Waals surface area contributed by atoms with Crippen LogP contribution in [0.2, 0.25) is 0 Å². The first-order chi connectivity index (χ1) is 6.68. The zero-order valence-corrected chi connectivity index (χ0v) is 9.76. The molecule has 0 radical (unpaired) electrons. The van der Waals surface area contributed by atoms with Crippen molar-refractivity contribution in [2.75, 3.05) is 0 Å². The molecule has 14 heavy (non-hydrogen) atoms. The van der Waals surface area contributed by atoms with Gasteiger partial charge in [0.1, 0.15) is 0 Å². The van der Waals surface area contributed by atoms with Gasteiger partial charge in [0, 0.05) is 18.6 Å². The molecule has 1 heteroatoms. The molecule has 0 aliphatic carbocycles. The molecule has 0 saturated carbocycles. The fourth-order valence-corrected chi connectivity index (χ4v) is 1.87. The van der Waals surface area contributed by atoms with Crippen molar-refractivity contribution < 1.29 is 0 Å². The molecule has 0 N–H and O–H groups in total. The predicted molar refractivity (Wildman–Crippen MR) is 63.7 cm³/mol. The molecule has 0 fully saturated rings. The molecule has 1 heterocycles. The lowest BCUT2D eigenvalue weighted by molar-refractivity contribution is 0.964. The second kappa shape index (κ2) is 4.32.